The van der Waals surface area contributed by atoms with Gasteiger partial charge in [0.2, 0.25) is 0 Å². The molecule has 0 fully saturated rings. The minimum absolute atomic E-state index is 0.221. The van der Waals surface area contributed by atoms with E-state index in [1.54, 1.807) is 18.6 Å². The molecule has 0 aliphatic heterocycles. The highest BCUT2D eigenvalue weighted by Crippen LogP contribution is 2.17. The number of imidazole rings is 1. The monoisotopic (exact) mass is 283 g/mol. The first-order valence-corrected chi connectivity index (χ1v) is 5.67. The summed E-state index contributed by atoms with van der Waals surface area (Å²) in [7, 11) is 0. The maximum Gasteiger partial charge on any atom is 0.123 e. The van der Waals surface area contributed by atoms with Crippen LogP contribution in [0.15, 0.2) is 35.2 Å². The van der Waals surface area contributed by atoms with Gasteiger partial charge in [-0.25, -0.2) is 9.37 Å². The van der Waals surface area contributed by atoms with Crippen LogP contribution >= 0.6 is 15.9 Å². The summed E-state index contributed by atoms with van der Waals surface area (Å²) in [6.45, 7) is 1.29. The second kappa shape index (κ2) is 5.23. The van der Waals surface area contributed by atoms with Gasteiger partial charge in [0.05, 0.1) is 6.33 Å². The Morgan fingerprint density at radius 2 is 2.25 bits per heavy atom. The molecule has 2 N–H and O–H groups in total. The second-order valence-electron chi connectivity index (χ2n) is 3.42. The Kier molecular flexibility index (Phi) is 3.69. The van der Waals surface area contributed by atoms with Gasteiger partial charge in [-0.3, -0.25) is 0 Å². The minimum atomic E-state index is -0.221. The smallest absolute Gasteiger partial charge is 0.123 e. The zero-order valence-electron chi connectivity index (χ0n) is 8.50. The third kappa shape index (κ3) is 2.90. The first-order valence-electron chi connectivity index (χ1n) is 4.87. The molecule has 0 aliphatic carbocycles. The zero-order chi connectivity index (χ0) is 11.4. The van der Waals surface area contributed by atoms with Gasteiger partial charge >= 0.3 is 0 Å². The first kappa shape index (κ1) is 11.3. The fraction of sp³-hybridized carbons (Fsp3) is 0.182. The van der Waals surface area contributed by atoms with Crippen molar-refractivity contribution in [2.75, 3.05) is 0 Å². The van der Waals surface area contributed by atoms with Crippen LogP contribution in [-0.4, -0.2) is 9.97 Å². The number of benzene rings is 1. The van der Waals surface area contributed by atoms with Crippen LogP contribution in [0.25, 0.3) is 0 Å². The van der Waals surface area contributed by atoms with Crippen LogP contribution in [0.5, 0.6) is 0 Å². The Hall–Kier alpha value is -1.20. The summed E-state index contributed by atoms with van der Waals surface area (Å²) in [6, 6.07) is 4.66. The zero-order valence-corrected chi connectivity index (χ0v) is 10.1. The summed E-state index contributed by atoms with van der Waals surface area (Å²) < 4.78 is 13.9. The molecule has 1 aromatic carbocycles. The minimum Gasteiger partial charge on any atom is -0.347 e. The Bertz CT molecular complexity index is 456. The number of nitrogens with one attached hydrogen (secondary N) is 2. The van der Waals surface area contributed by atoms with Crippen LogP contribution in [0.1, 0.15) is 11.3 Å². The molecule has 2 rings (SSSR count). The average Bonchev–Trinajstić information content (AvgIpc) is 2.76. The molecule has 1 heterocycles. The highest BCUT2D eigenvalue weighted by atomic mass is 79.9. The molecule has 0 atom stereocenters. The van der Waals surface area contributed by atoms with Gasteiger partial charge in [-0.05, 0) is 23.8 Å². The standard InChI is InChI=1S/C11H11BrFN3/c12-11-2-1-9(13)3-8(11)4-14-5-10-6-15-7-16-10/h1-3,6-7,14H,4-5H2,(H,15,16). The fourth-order valence-corrected chi connectivity index (χ4v) is 1.78. The van der Waals surface area contributed by atoms with E-state index in [4.69, 9.17) is 0 Å². The number of halogens is 2. The lowest BCUT2D eigenvalue weighted by atomic mass is 10.2. The van der Waals surface area contributed by atoms with Crippen molar-refractivity contribution in [3.05, 3.63) is 52.3 Å². The molecule has 3 nitrogen and oxygen atoms in total. The van der Waals surface area contributed by atoms with Crippen LogP contribution in [0.3, 0.4) is 0 Å². The Labute approximate surface area is 101 Å². The van der Waals surface area contributed by atoms with E-state index in [-0.39, 0.29) is 5.82 Å². The van der Waals surface area contributed by atoms with E-state index in [9.17, 15) is 4.39 Å². The first-order chi connectivity index (χ1) is 7.75. The topological polar surface area (TPSA) is 40.7 Å². The highest BCUT2D eigenvalue weighted by molar-refractivity contribution is 9.10. The van der Waals surface area contributed by atoms with Crippen LogP contribution in [0, 0.1) is 5.82 Å². The lowest BCUT2D eigenvalue weighted by Crippen LogP contribution is -2.13. The maximum atomic E-state index is 13.0. The van der Waals surface area contributed by atoms with Crippen molar-refractivity contribution in [3.8, 4) is 0 Å². The van der Waals surface area contributed by atoms with E-state index in [2.05, 4.69) is 31.2 Å². The molecule has 0 saturated carbocycles. The van der Waals surface area contributed by atoms with E-state index < -0.39 is 0 Å². The van der Waals surface area contributed by atoms with Gasteiger partial charge in [-0.2, -0.15) is 0 Å². The van der Waals surface area contributed by atoms with Crippen molar-refractivity contribution in [3.63, 3.8) is 0 Å². The lowest BCUT2D eigenvalue weighted by molar-refractivity contribution is 0.618. The summed E-state index contributed by atoms with van der Waals surface area (Å²) in [5, 5.41) is 3.20. The summed E-state index contributed by atoms with van der Waals surface area (Å²) >= 11 is 3.38. The molecule has 0 spiro atoms. The van der Waals surface area contributed by atoms with Crippen molar-refractivity contribution in [2.45, 2.75) is 13.1 Å². The molecule has 0 unspecified atom stereocenters. The molecule has 0 bridgehead atoms. The average molecular weight is 284 g/mol. The largest absolute Gasteiger partial charge is 0.347 e. The number of rotatable bonds is 4. The summed E-state index contributed by atoms with van der Waals surface area (Å²) in [6.07, 6.45) is 3.39. The van der Waals surface area contributed by atoms with Crippen molar-refractivity contribution in [1.29, 1.82) is 0 Å². The van der Waals surface area contributed by atoms with Gasteiger partial charge in [0.25, 0.3) is 0 Å². The quantitative estimate of drug-likeness (QED) is 0.906. The van der Waals surface area contributed by atoms with Crippen molar-refractivity contribution >= 4 is 15.9 Å². The Morgan fingerprint density at radius 3 is 3.00 bits per heavy atom. The van der Waals surface area contributed by atoms with Crippen molar-refractivity contribution in [2.24, 2.45) is 0 Å². The summed E-state index contributed by atoms with van der Waals surface area (Å²) in [5.74, 6) is -0.221. The maximum absolute atomic E-state index is 13.0. The normalized spacial score (nSPS) is 10.6. The van der Waals surface area contributed by atoms with E-state index in [0.717, 1.165) is 15.7 Å². The van der Waals surface area contributed by atoms with E-state index >= 15 is 0 Å². The van der Waals surface area contributed by atoms with E-state index in [0.29, 0.717) is 13.1 Å². The molecule has 16 heavy (non-hydrogen) atoms. The van der Waals surface area contributed by atoms with Crippen LogP contribution in [0.4, 0.5) is 4.39 Å². The van der Waals surface area contributed by atoms with Crippen LogP contribution < -0.4 is 5.32 Å². The van der Waals surface area contributed by atoms with Gasteiger partial charge in [0.15, 0.2) is 0 Å². The molecule has 0 saturated heterocycles. The molecule has 1 aromatic heterocycles. The molecular weight excluding hydrogens is 273 g/mol. The number of aromatic nitrogens is 2. The predicted molar refractivity (Wildman–Crippen MR) is 63.2 cm³/mol. The molecule has 84 valence electrons. The summed E-state index contributed by atoms with van der Waals surface area (Å²) in [5.41, 5.74) is 1.91. The number of hydrogen-bond donors (Lipinski definition) is 2. The highest BCUT2D eigenvalue weighted by Gasteiger charge is 2.01. The van der Waals surface area contributed by atoms with Gasteiger partial charge in [-0.15, -0.1) is 0 Å². The van der Waals surface area contributed by atoms with E-state index in [1.807, 2.05) is 0 Å². The fourth-order valence-electron chi connectivity index (χ4n) is 1.39. The third-order valence-electron chi connectivity index (χ3n) is 2.19. The van der Waals surface area contributed by atoms with Gasteiger partial charge < -0.3 is 10.3 Å². The molecule has 0 radical (unpaired) electrons. The van der Waals surface area contributed by atoms with Crippen molar-refractivity contribution < 1.29 is 4.39 Å². The molecule has 2 aromatic rings. The number of hydrogen-bond acceptors (Lipinski definition) is 2. The number of nitrogens with zero attached hydrogens (tertiary/aromatic N) is 1. The van der Waals surface area contributed by atoms with Gasteiger partial charge in [-0.1, -0.05) is 15.9 Å². The third-order valence-corrected chi connectivity index (χ3v) is 2.97. The van der Waals surface area contributed by atoms with Crippen molar-refractivity contribution in [1.82, 2.24) is 15.3 Å². The van der Waals surface area contributed by atoms with Crippen LogP contribution in [0.2, 0.25) is 0 Å². The molecule has 5 heteroatoms. The molecule has 0 aliphatic rings. The van der Waals surface area contributed by atoms with E-state index in [1.165, 1.54) is 12.1 Å². The Balaban J connectivity index is 1.92. The second-order valence-corrected chi connectivity index (χ2v) is 4.27. The van der Waals surface area contributed by atoms with Gasteiger partial charge in [0.1, 0.15) is 5.82 Å². The van der Waals surface area contributed by atoms with Crippen LogP contribution in [-0.2, 0) is 13.1 Å². The molecule has 0 amide bonds. The summed E-state index contributed by atoms with van der Waals surface area (Å²) in [4.78, 5) is 6.90. The SMILES string of the molecule is Fc1ccc(Br)c(CNCc2cnc[nH]2)c1. The predicted octanol–water partition coefficient (Wildman–Crippen LogP) is 2.60. The van der Waals surface area contributed by atoms with Gasteiger partial charge in [0, 0.05) is 29.5 Å². The molecular formula is C11H11BrFN3. The lowest BCUT2D eigenvalue weighted by Gasteiger charge is -2.05. The number of aromatic amines is 1. The number of H-pyrrole nitrogens is 1. The Morgan fingerprint density at radius 1 is 1.38 bits per heavy atom.